The van der Waals surface area contributed by atoms with Gasteiger partial charge in [-0.25, -0.2) is 0 Å². The number of hydrazine groups is 1. The van der Waals surface area contributed by atoms with Gasteiger partial charge in [-0.3, -0.25) is 25.8 Å². The van der Waals surface area contributed by atoms with Crippen LogP contribution in [-0.2, 0) is 9.59 Å². The molecule has 0 saturated heterocycles. The van der Waals surface area contributed by atoms with Gasteiger partial charge in [0.1, 0.15) is 11.5 Å². The van der Waals surface area contributed by atoms with E-state index in [2.05, 4.69) is 64.0 Å². The van der Waals surface area contributed by atoms with E-state index in [-0.39, 0.29) is 18.3 Å². The van der Waals surface area contributed by atoms with E-state index in [1.54, 1.807) is 30.3 Å². The van der Waals surface area contributed by atoms with Crippen molar-refractivity contribution in [3.63, 3.8) is 0 Å². The van der Waals surface area contributed by atoms with E-state index in [1.165, 1.54) is 0 Å². The maximum atomic E-state index is 12.0. The van der Waals surface area contributed by atoms with Crippen LogP contribution in [-0.4, -0.2) is 30.1 Å². The van der Waals surface area contributed by atoms with Crippen LogP contribution < -0.4 is 25.6 Å². The smallest absolute Gasteiger partial charge is 0.276 e. The molecule has 3 rings (SSSR count). The molecule has 11 heteroatoms. The topological polar surface area (TPSA) is 88.7 Å². The zero-order valence-electron chi connectivity index (χ0n) is 16.3. The van der Waals surface area contributed by atoms with Gasteiger partial charge in [-0.15, -0.1) is 0 Å². The summed E-state index contributed by atoms with van der Waals surface area (Å²) in [5, 5.41) is 4.32. The molecule has 166 valence electrons. The molecule has 3 aromatic rings. The van der Waals surface area contributed by atoms with Crippen molar-refractivity contribution in [3.8, 4) is 11.5 Å². The minimum atomic E-state index is -0.476. The molecule has 3 N–H and O–H groups in total. The third-order valence-electron chi connectivity index (χ3n) is 3.99. The van der Waals surface area contributed by atoms with Crippen molar-refractivity contribution in [1.29, 1.82) is 0 Å². The van der Waals surface area contributed by atoms with E-state index in [1.807, 2.05) is 24.3 Å². The van der Waals surface area contributed by atoms with Crippen LogP contribution in [0.25, 0.3) is 10.8 Å². The molecule has 32 heavy (non-hydrogen) atoms. The summed E-state index contributed by atoms with van der Waals surface area (Å²) < 4.78 is 13.6. The van der Waals surface area contributed by atoms with Gasteiger partial charge in [-0.1, -0.05) is 44.0 Å². The molecule has 2 amide bonds. The number of ether oxygens (including phenoxy) is 2. The summed E-state index contributed by atoms with van der Waals surface area (Å²) in [5.74, 6) is 0.120. The fraction of sp³-hybridized carbons (Fsp3) is 0.0952. The van der Waals surface area contributed by atoms with Crippen LogP contribution in [0.2, 0.25) is 0 Å². The highest BCUT2D eigenvalue weighted by atomic mass is 79.9. The van der Waals surface area contributed by atoms with Gasteiger partial charge in [0.05, 0.1) is 4.47 Å². The van der Waals surface area contributed by atoms with E-state index in [0.29, 0.717) is 11.5 Å². The van der Waals surface area contributed by atoms with Crippen LogP contribution in [0.15, 0.2) is 68.0 Å². The second-order valence-corrected chi connectivity index (χ2v) is 9.36. The standard InChI is InChI=1S/C21H16Br3N3O4S/c22-13-2-5-15(6-3-13)30-10-18(28)25-21(32)27-26-19(29)11-31-17-8-1-12-9-14(23)4-7-16(12)20(17)24/h1-9H,10-11H2,(H,26,29)(H2,25,27,28,32). The lowest BCUT2D eigenvalue weighted by molar-refractivity contribution is -0.124. The highest BCUT2D eigenvalue weighted by molar-refractivity contribution is 9.11. The summed E-state index contributed by atoms with van der Waals surface area (Å²) in [5.41, 5.74) is 4.81. The number of benzene rings is 3. The van der Waals surface area contributed by atoms with Crippen LogP contribution in [0.4, 0.5) is 0 Å². The number of thiocarbonyl (C=S) groups is 1. The zero-order valence-corrected chi connectivity index (χ0v) is 21.9. The average Bonchev–Trinajstić information content (AvgIpc) is 2.77. The van der Waals surface area contributed by atoms with Crippen molar-refractivity contribution in [2.75, 3.05) is 13.2 Å². The molecule has 0 radical (unpaired) electrons. The Balaban J connectivity index is 1.40. The van der Waals surface area contributed by atoms with Crippen LogP contribution in [0.5, 0.6) is 11.5 Å². The minimum Gasteiger partial charge on any atom is -0.484 e. The van der Waals surface area contributed by atoms with Crippen molar-refractivity contribution in [2.24, 2.45) is 0 Å². The predicted molar refractivity (Wildman–Crippen MR) is 136 cm³/mol. The first-order valence-electron chi connectivity index (χ1n) is 9.09. The van der Waals surface area contributed by atoms with Gasteiger partial charge < -0.3 is 9.47 Å². The Kier molecular flexibility index (Phi) is 8.85. The first kappa shape index (κ1) is 24.4. The van der Waals surface area contributed by atoms with Crippen molar-refractivity contribution in [3.05, 3.63) is 68.0 Å². The van der Waals surface area contributed by atoms with Gasteiger partial charge in [0.15, 0.2) is 18.3 Å². The largest absolute Gasteiger partial charge is 0.484 e. The predicted octanol–water partition coefficient (Wildman–Crippen LogP) is 4.61. The fourth-order valence-corrected chi connectivity index (χ4v) is 3.95. The number of carbonyl (C=O) groups excluding carboxylic acids is 2. The molecule has 3 aromatic carbocycles. The molecule has 7 nitrogen and oxygen atoms in total. The van der Waals surface area contributed by atoms with Crippen LogP contribution in [0, 0.1) is 0 Å². The highest BCUT2D eigenvalue weighted by Crippen LogP contribution is 2.34. The van der Waals surface area contributed by atoms with Crippen LogP contribution in [0.3, 0.4) is 0 Å². The lowest BCUT2D eigenvalue weighted by Crippen LogP contribution is -2.50. The molecule has 0 aliphatic heterocycles. The third kappa shape index (κ3) is 7.16. The third-order valence-corrected chi connectivity index (χ3v) is 6.04. The van der Waals surface area contributed by atoms with Gasteiger partial charge in [0.2, 0.25) is 0 Å². The summed E-state index contributed by atoms with van der Waals surface area (Å²) >= 11 is 15.3. The highest BCUT2D eigenvalue weighted by Gasteiger charge is 2.10. The first-order valence-corrected chi connectivity index (χ1v) is 11.9. The maximum absolute atomic E-state index is 12.0. The van der Waals surface area contributed by atoms with E-state index >= 15 is 0 Å². The van der Waals surface area contributed by atoms with Gasteiger partial charge in [0, 0.05) is 8.95 Å². The molecule has 0 aliphatic rings. The molecule has 0 heterocycles. The van der Waals surface area contributed by atoms with E-state index < -0.39 is 11.8 Å². The Morgan fingerprint density at radius 3 is 2.25 bits per heavy atom. The van der Waals surface area contributed by atoms with Crippen molar-refractivity contribution >= 4 is 87.7 Å². The second kappa shape index (κ2) is 11.6. The molecule has 0 aromatic heterocycles. The van der Waals surface area contributed by atoms with Crippen molar-refractivity contribution < 1.29 is 19.1 Å². The number of hydrogen-bond acceptors (Lipinski definition) is 5. The summed E-state index contributed by atoms with van der Waals surface area (Å²) in [4.78, 5) is 23.9. The molecule has 0 fully saturated rings. The molecular formula is C21H16Br3N3O4S. The normalized spacial score (nSPS) is 10.3. The second-order valence-electron chi connectivity index (χ2n) is 6.32. The molecule has 0 unspecified atom stereocenters. The zero-order chi connectivity index (χ0) is 23.1. The average molecular weight is 646 g/mol. The monoisotopic (exact) mass is 643 g/mol. The summed E-state index contributed by atoms with van der Waals surface area (Å²) in [6, 6.07) is 16.6. The van der Waals surface area contributed by atoms with Crippen molar-refractivity contribution in [2.45, 2.75) is 0 Å². The SMILES string of the molecule is O=C(COc1ccc2cc(Br)ccc2c1Br)NNC(=S)NC(=O)COc1ccc(Br)cc1. The number of amides is 2. The lowest BCUT2D eigenvalue weighted by atomic mass is 10.1. The van der Waals surface area contributed by atoms with Crippen molar-refractivity contribution in [1.82, 2.24) is 16.2 Å². The van der Waals surface area contributed by atoms with Gasteiger partial charge in [-0.2, -0.15) is 0 Å². The summed E-state index contributed by atoms with van der Waals surface area (Å²) in [6.45, 7) is -0.482. The Labute approximate surface area is 214 Å². The number of nitrogens with one attached hydrogen (secondary N) is 3. The number of fused-ring (bicyclic) bond motifs is 1. The molecular weight excluding hydrogens is 630 g/mol. The lowest BCUT2D eigenvalue weighted by Gasteiger charge is -2.13. The molecule has 0 bridgehead atoms. The van der Waals surface area contributed by atoms with Gasteiger partial charge >= 0.3 is 0 Å². The first-order chi connectivity index (χ1) is 15.3. The summed E-state index contributed by atoms with van der Waals surface area (Å²) in [7, 11) is 0. The maximum Gasteiger partial charge on any atom is 0.276 e. The molecule has 0 spiro atoms. The number of hydrogen-bond donors (Lipinski definition) is 3. The molecule has 0 atom stereocenters. The fourth-order valence-electron chi connectivity index (χ4n) is 2.53. The van der Waals surface area contributed by atoms with Crippen LogP contribution >= 0.6 is 60.0 Å². The van der Waals surface area contributed by atoms with E-state index in [4.69, 9.17) is 21.7 Å². The van der Waals surface area contributed by atoms with Crippen LogP contribution in [0.1, 0.15) is 0 Å². The molecule has 0 saturated carbocycles. The quantitative estimate of drug-likeness (QED) is 0.268. The Hall–Kier alpha value is -2.21. The Morgan fingerprint density at radius 2 is 1.50 bits per heavy atom. The van der Waals surface area contributed by atoms with E-state index in [0.717, 1.165) is 24.2 Å². The number of carbonyl (C=O) groups is 2. The molecule has 0 aliphatic carbocycles. The van der Waals surface area contributed by atoms with Gasteiger partial charge in [-0.05, 0) is 81.4 Å². The minimum absolute atomic E-state index is 0.0692. The summed E-state index contributed by atoms with van der Waals surface area (Å²) in [6.07, 6.45) is 0. The Bertz CT molecular complexity index is 1160. The Morgan fingerprint density at radius 1 is 0.812 bits per heavy atom. The number of halogens is 3. The number of rotatable bonds is 6. The van der Waals surface area contributed by atoms with E-state index in [9.17, 15) is 9.59 Å². The van der Waals surface area contributed by atoms with Gasteiger partial charge in [0.25, 0.3) is 11.8 Å².